The largest absolute Gasteiger partial charge is 1.00 e. The molecule has 0 atom stereocenters. The van der Waals surface area contributed by atoms with E-state index in [1.807, 2.05) is 12.1 Å². The second kappa shape index (κ2) is 4.91. The molecule has 0 aliphatic carbocycles. The Kier molecular flexibility index (Phi) is 3.84. The van der Waals surface area contributed by atoms with Gasteiger partial charge in [-0.1, -0.05) is 24.3 Å². The maximum absolute atomic E-state index is 2.17. The molecule has 2 aromatic rings. The molecule has 1 heterocycles. The van der Waals surface area contributed by atoms with Crippen LogP contribution in [-0.4, -0.2) is 0 Å². The van der Waals surface area contributed by atoms with Crippen LogP contribution in [0.3, 0.4) is 0 Å². The molecule has 0 spiro atoms. The summed E-state index contributed by atoms with van der Waals surface area (Å²) >= 11 is 0. The zero-order valence-corrected chi connectivity index (χ0v) is 9.61. The van der Waals surface area contributed by atoms with E-state index in [2.05, 4.69) is 54.1 Å². The number of pyridine rings is 1. The molecule has 14 heavy (non-hydrogen) atoms. The molecule has 1 nitrogen and oxygen atoms in total. The Balaban J connectivity index is 0.000000980. The predicted molar refractivity (Wildman–Crippen MR) is 52.7 cm³/mol. The Morgan fingerprint density at radius 2 is 1.50 bits per heavy atom. The third-order valence-corrected chi connectivity index (χ3v) is 2.10. The van der Waals surface area contributed by atoms with Gasteiger partial charge in [-0.05, 0) is 0 Å². The molecule has 0 saturated carbocycles. The van der Waals surface area contributed by atoms with Gasteiger partial charge in [0, 0.05) is 31.2 Å². The van der Waals surface area contributed by atoms with Crippen molar-refractivity contribution < 1.29 is 21.5 Å². The first-order valence-corrected chi connectivity index (χ1v) is 4.40. The molecule has 0 amide bonds. The SMILES string of the molecule is Cc1cccc[n+]1-c1ccccc1.[Br-]. The van der Waals surface area contributed by atoms with Gasteiger partial charge in [-0.2, -0.15) is 4.57 Å². The van der Waals surface area contributed by atoms with Gasteiger partial charge in [0.15, 0.2) is 11.9 Å². The molecular formula is C12H12BrN. The van der Waals surface area contributed by atoms with Crippen molar-refractivity contribution in [1.82, 2.24) is 0 Å². The summed E-state index contributed by atoms with van der Waals surface area (Å²) in [5, 5.41) is 0. The van der Waals surface area contributed by atoms with Crippen molar-refractivity contribution in [2.75, 3.05) is 0 Å². The Morgan fingerprint density at radius 3 is 2.14 bits per heavy atom. The molecule has 0 bridgehead atoms. The van der Waals surface area contributed by atoms with Gasteiger partial charge in [-0.25, -0.2) is 0 Å². The highest BCUT2D eigenvalue weighted by Crippen LogP contribution is 1.99. The van der Waals surface area contributed by atoms with Gasteiger partial charge >= 0.3 is 0 Å². The van der Waals surface area contributed by atoms with Crippen LogP contribution in [-0.2, 0) is 0 Å². The normalized spacial score (nSPS) is 9.21. The Morgan fingerprint density at radius 1 is 0.857 bits per heavy atom. The summed E-state index contributed by atoms with van der Waals surface area (Å²) in [6.07, 6.45) is 2.07. The fourth-order valence-electron chi connectivity index (χ4n) is 1.41. The van der Waals surface area contributed by atoms with Gasteiger partial charge in [0.1, 0.15) is 0 Å². The lowest BCUT2D eigenvalue weighted by molar-refractivity contribution is -0.602. The van der Waals surface area contributed by atoms with Crippen LogP contribution in [0.2, 0.25) is 0 Å². The number of aromatic nitrogens is 1. The van der Waals surface area contributed by atoms with E-state index >= 15 is 0 Å². The van der Waals surface area contributed by atoms with Gasteiger partial charge in [0.2, 0.25) is 5.69 Å². The molecule has 2 heteroatoms. The number of para-hydroxylation sites is 1. The average molecular weight is 250 g/mol. The first kappa shape index (κ1) is 10.9. The lowest BCUT2D eigenvalue weighted by Crippen LogP contribution is -3.00. The maximum Gasteiger partial charge on any atom is 0.210 e. The number of halogens is 1. The summed E-state index contributed by atoms with van der Waals surface area (Å²) in [4.78, 5) is 0. The third kappa shape index (κ3) is 2.20. The van der Waals surface area contributed by atoms with Crippen LogP contribution in [0.1, 0.15) is 5.69 Å². The van der Waals surface area contributed by atoms with Gasteiger partial charge in [0.25, 0.3) is 0 Å². The number of aryl methyl sites for hydroxylation is 1. The van der Waals surface area contributed by atoms with Crippen molar-refractivity contribution in [3.05, 3.63) is 60.4 Å². The molecule has 0 radical (unpaired) electrons. The van der Waals surface area contributed by atoms with E-state index in [1.165, 1.54) is 11.4 Å². The lowest BCUT2D eigenvalue weighted by Gasteiger charge is -1.97. The van der Waals surface area contributed by atoms with Crippen molar-refractivity contribution >= 4 is 0 Å². The zero-order chi connectivity index (χ0) is 9.10. The van der Waals surface area contributed by atoms with Crippen molar-refractivity contribution in [2.24, 2.45) is 0 Å². The molecule has 0 unspecified atom stereocenters. The van der Waals surface area contributed by atoms with Crippen LogP contribution in [0.4, 0.5) is 0 Å². The van der Waals surface area contributed by atoms with Crippen molar-refractivity contribution in [3.8, 4) is 5.69 Å². The molecule has 0 aliphatic rings. The molecule has 0 aliphatic heterocycles. The number of nitrogens with zero attached hydrogens (tertiary/aromatic N) is 1. The Bertz CT molecular complexity index is 398. The van der Waals surface area contributed by atoms with Crippen LogP contribution < -0.4 is 21.5 Å². The molecule has 1 aromatic carbocycles. The minimum Gasteiger partial charge on any atom is -1.00 e. The fourth-order valence-corrected chi connectivity index (χ4v) is 1.41. The van der Waals surface area contributed by atoms with Crippen molar-refractivity contribution in [1.29, 1.82) is 0 Å². The van der Waals surface area contributed by atoms with E-state index in [0.717, 1.165) is 0 Å². The highest BCUT2D eigenvalue weighted by Gasteiger charge is 2.06. The average Bonchev–Trinajstić information content (AvgIpc) is 2.20. The Labute approximate surface area is 94.8 Å². The monoisotopic (exact) mass is 249 g/mol. The van der Waals surface area contributed by atoms with E-state index in [0.29, 0.717) is 0 Å². The van der Waals surface area contributed by atoms with Crippen LogP contribution >= 0.6 is 0 Å². The highest BCUT2D eigenvalue weighted by atomic mass is 79.9. The summed E-state index contributed by atoms with van der Waals surface area (Å²) in [5.74, 6) is 0. The molecule has 2 rings (SSSR count). The van der Waals surface area contributed by atoms with Crippen LogP contribution in [0.25, 0.3) is 5.69 Å². The third-order valence-electron chi connectivity index (χ3n) is 2.10. The topological polar surface area (TPSA) is 3.88 Å². The second-order valence-electron chi connectivity index (χ2n) is 3.05. The summed E-state index contributed by atoms with van der Waals surface area (Å²) in [5.41, 5.74) is 2.45. The highest BCUT2D eigenvalue weighted by molar-refractivity contribution is 5.22. The summed E-state index contributed by atoms with van der Waals surface area (Å²) in [6, 6.07) is 16.5. The molecular weight excluding hydrogens is 238 g/mol. The first-order chi connectivity index (χ1) is 6.38. The van der Waals surface area contributed by atoms with Crippen LogP contribution in [0.15, 0.2) is 54.7 Å². The molecule has 1 aromatic heterocycles. The number of benzene rings is 1. The van der Waals surface area contributed by atoms with Gasteiger partial charge in [-0.15, -0.1) is 0 Å². The molecule has 72 valence electrons. The van der Waals surface area contributed by atoms with E-state index in [1.54, 1.807) is 0 Å². The molecule has 0 saturated heterocycles. The molecule has 0 N–H and O–H groups in total. The number of hydrogen-bond acceptors (Lipinski definition) is 0. The van der Waals surface area contributed by atoms with Gasteiger partial charge in [-0.3, -0.25) is 0 Å². The van der Waals surface area contributed by atoms with E-state index < -0.39 is 0 Å². The van der Waals surface area contributed by atoms with E-state index in [-0.39, 0.29) is 17.0 Å². The van der Waals surface area contributed by atoms with Gasteiger partial charge < -0.3 is 17.0 Å². The van der Waals surface area contributed by atoms with Crippen LogP contribution in [0.5, 0.6) is 0 Å². The summed E-state index contributed by atoms with van der Waals surface area (Å²) in [7, 11) is 0. The second-order valence-corrected chi connectivity index (χ2v) is 3.05. The minimum atomic E-state index is 0. The number of rotatable bonds is 1. The zero-order valence-electron chi connectivity index (χ0n) is 8.02. The van der Waals surface area contributed by atoms with E-state index in [4.69, 9.17) is 0 Å². The van der Waals surface area contributed by atoms with E-state index in [9.17, 15) is 0 Å². The summed E-state index contributed by atoms with van der Waals surface area (Å²) < 4.78 is 2.17. The standard InChI is InChI=1S/C12H12N.BrH/c1-11-7-5-6-10-13(11)12-8-3-2-4-9-12;/h2-10H,1H3;1H/q+1;/p-1. The Hall–Kier alpha value is -1.15. The number of hydrogen-bond donors (Lipinski definition) is 0. The first-order valence-electron chi connectivity index (χ1n) is 4.40. The lowest BCUT2D eigenvalue weighted by atomic mass is 10.3. The van der Waals surface area contributed by atoms with Crippen LogP contribution in [0, 0.1) is 6.92 Å². The smallest absolute Gasteiger partial charge is 0.210 e. The quantitative estimate of drug-likeness (QED) is 0.588. The van der Waals surface area contributed by atoms with Crippen molar-refractivity contribution in [3.63, 3.8) is 0 Å². The minimum absolute atomic E-state index is 0. The maximum atomic E-state index is 2.17. The van der Waals surface area contributed by atoms with Gasteiger partial charge in [0.05, 0.1) is 0 Å². The summed E-state index contributed by atoms with van der Waals surface area (Å²) in [6.45, 7) is 2.10. The predicted octanol–water partition coefficient (Wildman–Crippen LogP) is -0.724. The molecule has 0 fully saturated rings. The fraction of sp³-hybridized carbons (Fsp3) is 0.0833. The van der Waals surface area contributed by atoms with Crippen molar-refractivity contribution in [2.45, 2.75) is 6.92 Å².